The molecule has 1 aromatic heterocycles. The first-order valence-electron chi connectivity index (χ1n) is 8.07. The van der Waals surface area contributed by atoms with Gasteiger partial charge in [0.2, 0.25) is 0 Å². The fourth-order valence-electron chi connectivity index (χ4n) is 3.69. The molecule has 130 valence electrons. The van der Waals surface area contributed by atoms with Crippen LogP contribution in [0.5, 0.6) is 5.75 Å². The summed E-state index contributed by atoms with van der Waals surface area (Å²) in [5.41, 5.74) is 1.94. The minimum Gasteiger partial charge on any atom is -0.426 e. The molecule has 3 aromatic rings. The number of benzene rings is 2. The minimum atomic E-state index is -0.393. The molecule has 0 spiro atoms. The standard InChI is InChI=1S/C19H12ClNO3S2/c20-10-7-5-9(6-8-10)15-14-13(16-17(25-15)21-19(23)26-16)11-3-1-2-4-12(11)24-18(14)22/h1-8,13-15H,(H,21,23)/t13-,14-,15+/m1/s1. The van der Waals surface area contributed by atoms with Crippen LogP contribution in [0.25, 0.3) is 0 Å². The Bertz CT molecular complexity index is 1070. The minimum absolute atomic E-state index is 0.102. The molecule has 3 heterocycles. The number of aromatic amines is 1. The quantitative estimate of drug-likeness (QED) is 0.478. The summed E-state index contributed by atoms with van der Waals surface area (Å²) in [5, 5.41) is 1.33. The van der Waals surface area contributed by atoms with Crippen molar-refractivity contribution in [3.8, 4) is 5.75 Å². The molecule has 2 aliphatic rings. The Balaban J connectivity index is 1.73. The summed E-state index contributed by atoms with van der Waals surface area (Å²) in [6, 6.07) is 15.1. The second-order valence-electron chi connectivity index (χ2n) is 6.26. The summed E-state index contributed by atoms with van der Waals surface area (Å²) < 4.78 is 5.64. The molecule has 0 bridgehead atoms. The van der Waals surface area contributed by atoms with Crippen LogP contribution in [0.3, 0.4) is 0 Å². The van der Waals surface area contributed by atoms with E-state index in [1.807, 2.05) is 42.5 Å². The number of para-hydroxylation sites is 1. The first-order chi connectivity index (χ1) is 12.6. The predicted octanol–water partition coefficient (Wildman–Crippen LogP) is 4.60. The molecule has 5 rings (SSSR count). The number of thiazole rings is 1. The first-order valence-corrected chi connectivity index (χ1v) is 10.1. The molecule has 4 nitrogen and oxygen atoms in total. The Morgan fingerprint density at radius 3 is 2.62 bits per heavy atom. The fraction of sp³-hybridized carbons (Fsp3) is 0.158. The third-order valence-corrected chi connectivity index (χ3v) is 7.51. The van der Waals surface area contributed by atoms with Gasteiger partial charge in [-0.2, -0.15) is 0 Å². The van der Waals surface area contributed by atoms with Crippen molar-refractivity contribution < 1.29 is 9.53 Å². The number of carbonyl (C=O) groups excluding carboxylic acids is 1. The largest absolute Gasteiger partial charge is 0.426 e. The Labute approximate surface area is 162 Å². The molecule has 0 saturated carbocycles. The number of fused-ring (bicyclic) bond motifs is 5. The summed E-state index contributed by atoms with van der Waals surface area (Å²) in [4.78, 5) is 28.7. The van der Waals surface area contributed by atoms with Gasteiger partial charge >= 0.3 is 10.8 Å². The van der Waals surface area contributed by atoms with E-state index in [9.17, 15) is 9.59 Å². The maximum Gasteiger partial charge on any atom is 0.316 e. The van der Waals surface area contributed by atoms with Crippen molar-refractivity contribution in [2.75, 3.05) is 0 Å². The van der Waals surface area contributed by atoms with Gasteiger partial charge in [0.25, 0.3) is 0 Å². The smallest absolute Gasteiger partial charge is 0.316 e. The number of ether oxygens (including phenoxy) is 1. The van der Waals surface area contributed by atoms with E-state index >= 15 is 0 Å². The van der Waals surface area contributed by atoms with Crippen LogP contribution in [-0.4, -0.2) is 11.0 Å². The molecule has 0 saturated heterocycles. The summed E-state index contributed by atoms with van der Waals surface area (Å²) in [6.07, 6.45) is 0. The Morgan fingerprint density at radius 2 is 1.81 bits per heavy atom. The van der Waals surface area contributed by atoms with Gasteiger partial charge in [-0.15, -0.1) is 0 Å². The number of aromatic nitrogens is 1. The van der Waals surface area contributed by atoms with Crippen molar-refractivity contribution in [3.63, 3.8) is 0 Å². The lowest BCUT2D eigenvalue weighted by Gasteiger charge is -2.39. The van der Waals surface area contributed by atoms with Gasteiger partial charge in [0.1, 0.15) is 5.75 Å². The fourth-order valence-corrected chi connectivity index (χ4v) is 6.40. The van der Waals surface area contributed by atoms with E-state index < -0.39 is 5.92 Å². The predicted molar refractivity (Wildman–Crippen MR) is 102 cm³/mol. The van der Waals surface area contributed by atoms with Gasteiger partial charge < -0.3 is 9.72 Å². The van der Waals surface area contributed by atoms with Crippen LogP contribution in [0.4, 0.5) is 0 Å². The number of nitrogens with one attached hydrogen (secondary N) is 1. The van der Waals surface area contributed by atoms with Crippen molar-refractivity contribution in [1.29, 1.82) is 0 Å². The third kappa shape index (κ3) is 2.44. The number of thioether (sulfide) groups is 1. The second-order valence-corrected chi connectivity index (χ2v) is 8.86. The molecule has 0 fully saturated rings. The summed E-state index contributed by atoms with van der Waals surface area (Å²) >= 11 is 8.72. The highest BCUT2D eigenvalue weighted by atomic mass is 35.5. The number of H-pyrrole nitrogens is 1. The van der Waals surface area contributed by atoms with Crippen molar-refractivity contribution in [2.24, 2.45) is 5.92 Å². The monoisotopic (exact) mass is 401 g/mol. The summed E-state index contributed by atoms with van der Waals surface area (Å²) in [6.45, 7) is 0. The average molecular weight is 402 g/mol. The van der Waals surface area contributed by atoms with Crippen molar-refractivity contribution in [2.45, 2.75) is 16.2 Å². The maximum absolute atomic E-state index is 12.9. The molecule has 0 amide bonds. The van der Waals surface area contributed by atoms with Crippen LogP contribution < -0.4 is 9.61 Å². The molecule has 7 heteroatoms. The van der Waals surface area contributed by atoms with Gasteiger partial charge in [-0.05, 0) is 23.8 Å². The molecule has 3 atom stereocenters. The van der Waals surface area contributed by atoms with Gasteiger partial charge in [0.05, 0.1) is 16.2 Å². The lowest BCUT2D eigenvalue weighted by atomic mass is 9.78. The molecule has 0 unspecified atom stereocenters. The maximum atomic E-state index is 12.9. The SMILES string of the molecule is O=C1Oc2ccccc2[C@H]2c3sc(=O)[nH]c3S[C@@H](c3ccc(Cl)cc3)[C@H]12. The number of carbonyl (C=O) groups is 1. The van der Waals surface area contributed by atoms with E-state index in [-0.39, 0.29) is 22.0 Å². The van der Waals surface area contributed by atoms with E-state index in [2.05, 4.69) is 4.98 Å². The Kier molecular flexibility index (Phi) is 3.74. The highest BCUT2D eigenvalue weighted by Crippen LogP contribution is 2.58. The second kappa shape index (κ2) is 6.01. The van der Waals surface area contributed by atoms with Gasteiger partial charge in [0, 0.05) is 21.4 Å². The zero-order valence-corrected chi connectivity index (χ0v) is 15.7. The van der Waals surface area contributed by atoms with Gasteiger partial charge in [-0.1, -0.05) is 65.0 Å². The average Bonchev–Trinajstić information content (AvgIpc) is 3.01. The molecule has 1 N–H and O–H groups in total. The Hall–Kier alpha value is -2.02. The topological polar surface area (TPSA) is 59.2 Å². The van der Waals surface area contributed by atoms with Crippen LogP contribution in [0.2, 0.25) is 5.02 Å². The lowest BCUT2D eigenvalue weighted by Crippen LogP contribution is -2.37. The van der Waals surface area contributed by atoms with Gasteiger partial charge in [-0.3, -0.25) is 9.59 Å². The number of halogens is 1. The van der Waals surface area contributed by atoms with Crippen LogP contribution in [0.15, 0.2) is 58.4 Å². The highest BCUT2D eigenvalue weighted by molar-refractivity contribution is 7.99. The van der Waals surface area contributed by atoms with Crippen molar-refractivity contribution in [1.82, 2.24) is 4.98 Å². The molecule has 2 aliphatic heterocycles. The molecule has 2 aromatic carbocycles. The van der Waals surface area contributed by atoms with Gasteiger partial charge in [0.15, 0.2) is 0 Å². The van der Waals surface area contributed by atoms with Crippen molar-refractivity contribution >= 4 is 40.7 Å². The summed E-state index contributed by atoms with van der Waals surface area (Å²) in [7, 11) is 0. The van der Waals surface area contributed by atoms with E-state index in [0.29, 0.717) is 10.8 Å². The first kappa shape index (κ1) is 16.2. The van der Waals surface area contributed by atoms with E-state index in [1.54, 1.807) is 6.07 Å². The third-order valence-electron chi connectivity index (χ3n) is 4.79. The van der Waals surface area contributed by atoms with Crippen LogP contribution in [0.1, 0.15) is 27.2 Å². The van der Waals surface area contributed by atoms with E-state index in [4.69, 9.17) is 16.3 Å². The van der Waals surface area contributed by atoms with Crippen LogP contribution in [0, 0.1) is 5.92 Å². The zero-order chi connectivity index (χ0) is 17.8. The zero-order valence-electron chi connectivity index (χ0n) is 13.3. The van der Waals surface area contributed by atoms with Crippen LogP contribution in [-0.2, 0) is 4.79 Å². The number of rotatable bonds is 1. The summed E-state index contributed by atoms with van der Waals surface area (Å²) in [5.74, 6) is -0.261. The number of esters is 1. The van der Waals surface area contributed by atoms with Crippen LogP contribution >= 0.6 is 34.7 Å². The molecule has 26 heavy (non-hydrogen) atoms. The molecule has 0 aliphatic carbocycles. The van der Waals surface area contributed by atoms with E-state index in [1.165, 1.54) is 23.1 Å². The molecule has 0 radical (unpaired) electrons. The van der Waals surface area contributed by atoms with Gasteiger partial charge in [-0.25, -0.2) is 0 Å². The highest BCUT2D eigenvalue weighted by Gasteiger charge is 2.49. The molecular formula is C19H12ClNO3S2. The van der Waals surface area contributed by atoms with E-state index in [0.717, 1.165) is 21.0 Å². The lowest BCUT2D eigenvalue weighted by molar-refractivity contribution is -0.140. The number of hydrogen-bond donors (Lipinski definition) is 1. The molecular weight excluding hydrogens is 390 g/mol. The number of hydrogen-bond acceptors (Lipinski definition) is 5. The Morgan fingerprint density at radius 1 is 1.04 bits per heavy atom. The normalized spacial score (nSPS) is 23.6. The van der Waals surface area contributed by atoms with Crippen molar-refractivity contribution in [3.05, 3.63) is 79.2 Å².